The number of carbonyl (C=O) groups is 4. The Hall–Kier alpha value is -4.70. The first-order valence-corrected chi connectivity index (χ1v) is 14.6. The Balaban J connectivity index is 1.71. The van der Waals surface area contributed by atoms with Crippen molar-refractivity contribution in [1.29, 1.82) is 0 Å². The van der Waals surface area contributed by atoms with Gasteiger partial charge in [-0.15, -0.1) is 0 Å². The minimum absolute atomic E-state index is 0.107. The monoisotopic (exact) mass is 616 g/mol. The van der Waals surface area contributed by atoms with E-state index >= 15 is 0 Å². The third-order valence-electron chi connectivity index (χ3n) is 7.21. The molecule has 2 atom stereocenters. The summed E-state index contributed by atoms with van der Waals surface area (Å²) in [4.78, 5) is 59.0. The van der Waals surface area contributed by atoms with Crippen LogP contribution in [0.4, 0.5) is 4.79 Å². The van der Waals surface area contributed by atoms with Crippen LogP contribution in [0.25, 0.3) is 0 Å². The summed E-state index contributed by atoms with van der Waals surface area (Å²) in [7, 11) is 0. The number of benzene rings is 3. The molecule has 1 fully saturated rings. The molecule has 0 radical (unpaired) electrons. The maximum Gasteiger partial charge on any atom is 0.326 e. The van der Waals surface area contributed by atoms with Crippen molar-refractivity contribution in [3.63, 3.8) is 0 Å². The molecule has 3 aromatic rings. The van der Waals surface area contributed by atoms with E-state index < -0.39 is 41.9 Å². The highest BCUT2D eigenvalue weighted by atomic mass is 35.5. The number of carbonyl (C=O) groups excluding carboxylic acids is 3. The van der Waals surface area contributed by atoms with Crippen molar-refractivity contribution in [1.82, 2.24) is 15.1 Å². The Labute approximate surface area is 260 Å². The highest BCUT2D eigenvalue weighted by Gasteiger charge is 2.45. The molecule has 2 N–H and O–H groups in total. The van der Waals surface area contributed by atoms with Crippen LogP contribution in [0.15, 0.2) is 77.8 Å². The lowest BCUT2D eigenvalue weighted by Gasteiger charge is -2.36. The summed E-state index contributed by atoms with van der Waals surface area (Å²) in [5.74, 6) is -1.51. The standard InChI is InChI=1S/C33H33ClN4O6/c1-33(2,3)44-26-17-22(25(39)18-28(41)42)11-14-24(26)31-36-29(20-9-12-23(34)13-10-20)30(21-7-5-4-6-8-21)38(31)32(43)37-16-15-35-27(40)19-37/h4-14,17,29-30H,15-16,18-19H2,1-3H3,(H,35,40)(H,41,42)/t29-,30+/m0/s1. The number of rotatable bonds is 7. The van der Waals surface area contributed by atoms with Crippen LogP contribution in [0.2, 0.25) is 5.02 Å². The predicted octanol–water partition coefficient (Wildman–Crippen LogP) is 5.27. The number of nitrogens with zero attached hydrogens (tertiary/aromatic N) is 3. The second-order valence-electron chi connectivity index (χ2n) is 11.6. The minimum Gasteiger partial charge on any atom is -0.487 e. The molecule has 5 rings (SSSR count). The fourth-order valence-corrected chi connectivity index (χ4v) is 5.46. The number of piperazine rings is 1. The zero-order chi connectivity index (χ0) is 31.6. The smallest absolute Gasteiger partial charge is 0.326 e. The first kappa shape index (κ1) is 30.7. The van der Waals surface area contributed by atoms with Gasteiger partial charge in [0.05, 0.1) is 11.6 Å². The summed E-state index contributed by atoms with van der Waals surface area (Å²) in [6.07, 6.45) is -0.675. The number of amides is 3. The van der Waals surface area contributed by atoms with E-state index in [1.165, 1.54) is 17.0 Å². The van der Waals surface area contributed by atoms with Crippen LogP contribution in [0.1, 0.15) is 66.3 Å². The number of urea groups is 1. The first-order chi connectivity index (χ1) is 20.9. The average Bonchev–Trinajstić information content (AvgIpc) is 3.36. The number of aliphatic carboxylic acids is 1. The molecule has 0 bridgehead atoms. The summed E-state index contributed by atoms with van der Waals surface area (Å²) in [6.45, 7) is 6.06. The molecule has 0 unspecified atom stereocenters. The maximum absolute atomic E-state index is 14.4. The number of carboxylic acids is 1. The van der Waals surface area contributed by atoms with E-state index in [0.29, 0.717) is 29.5 Å². The first-order valence-electron chi connectivity index (χ1n) is 14.2. The molecular weight excluding hydrogens is 584 g/mol. The van der Waals surface area contributed by atoms with Crippen LogP contribution in [-0.2, 0) is 9.59 Å². The molecule has 10 nitrogen and oxygen atoms in total. The summed E-state index contributed by atoms with van der Waals surface area (Å²) < 4.78 is 6.32. The average molecular weight is 617 g/mol. The molecule has 0 aliphatic carbocycles. The number of carboxylic acid groups (broad SMARTS) is 1. The number of nitrogens with one attached hydrogen (secondary N) is 1. The van der Waals surface area contributed by atoms with Crippen molar-refractivity contribution in [3.8, 4) is 5.75 Å². The number of halogens is 1. The fourth-order valence-electron chi connectivity index (χ4n) is 5.33. The fraction of sp³-hybridized carbons (Fsp3) is 0.303. The van der Waals surface area contributed by atoms with Crippen LogP contribution >= 0.6 is 11.6 Å². The van der Waals surface area contributed by atoms with E-state index in [0.717, 1.165) is 11.1 Å². The number of Topliss-reactive ketones (excluding diaryl/α,β-unsaturated/α-hetero) is 1. The molecule has 0 spiro atoms. The molecule has 3 aromatic carbocycles. The molecule has 1 saturated heterocycles. The number of aliphatic imine (C=N–C) groups is 1. The second-order valence-corrected chi connectivity index (χ2v) is 12.1. The van der Waals surface area contributed by atoms with Crippen molar-refractivity contribution in [3.05, 3.63) is 100 Å². The zero-order valence-electron chi connectivity index (χ0n) is 24.6. The Morgan fingerprint density at radius 1 is 1.02 bits per heavy atom. The molecule has 2 aliphatic heterocycles. The number of amidine groups is 1. The van der Waals surface area contributed by atoms with Crippen LogP contribution in [0.5, 0.6) is 5.75 Å². The van der Waals surface area contributed by atoms with Gasteiger partial charge in [0, 0.05) is 23.7 Å². The highest BCUT2D eigenvalue weighted by Crippen LogP contribution is 2.45. The van der Waals surface area contributed by atoms with Gasteiger partial charge >= 0.3 is 12.0 Å². The van der Waals surface area contributed by atoms with Crippen molar-refractivity contribution >= 4 is 41.1 Å². The molecule has 0 saturated carbocycles. The van der Waals surface area contributed by atoms with E-state index in [2.05, 4.69) is 5.32 Å². The molecule has 2 aliphatic rings. The lowest BCUT2D eigenvalue weighted by molar-refractivity contribution is -0.136. The van der Waals surface area contributed by atoms with Crippen LogP contribution < -0.4 is 10.1 Å². The van der Waals surface area contributed by atoms with Crippen molar-refractivity contribution in [2.24, 2.45) is 4.99 Å². The number of ketones is 1. The molecule has 0 aromatic heterocycles. The van der Waals surface area contributed by atoms with E-state index in [9.17, 15) is 24.3 Å². The summed E-state index contributed by atoms with van der Waals surface area (Å²) >= 11 is 6.22. The lowest BCUT2D eigenvalue weighted by atomic mass is 9.93. The normalized spacial score (nSPS) is 18.5. The van der Waals surface area contributed by atoms with Gasteiger partial charge in [0.2, 0.25) is 5.91 Å². The number of ether oxygens (including phenoxy) is 1. The molecule has 11 heteroatoms. The lowest BCUT2D eigenvalue weighted by Crippen LogP contribution is -2.55. The van der Waals surface area contributed by atoms with Crippen LogP contribution in [-0.4, -0.2) is 69.7 Å². The Morgan fingerprint density at radius 3 is 2.36 bits per heavy atom. The topological polar surface area (TPSA) is 129 Å². The van der Waals surface area contributed by atoms with E-state index in [1.807, 2.05) is 63.2 Å². The SMILES string of the molecule is CC(C)(C)Oc1cc(C(=O)CC(=O)O)ccc1C1=N[C@@H](c2ccc(Cl)cc2)[C@@H](c2ccccc2)N1C(=O)N1CCNC(=O)C1. The van der Waals surface area contributed by atoms with Crippen molar-refractivity contribution in [2.75, 3.05) is 19.6 Å². The van der Waals surface area contributed by atoms with Gasteiger partial charge in [-0.3, -0.25) is 24.3 Å². The molecule has 3 amide bonds. The van der Waals surface area contributed by atoms with Gasteiger partial charge in [0.15, 0.2) is 5.78 Å². The number of hydrogen-bond acceptors (Lipinski definition) is 6. The third kappa shape index (κ3) is 6.75. The summed E-state index contributed by atoms with van der Waals surface area (Å²) in [6, 6.07) is 19.9. The van der Waals surface area contributed by atoms with Gasteiger partial charge in [-0.25, -0.2) is 4.79 Å². The van der Waals surface area contributed by atoms with Crippen molar-refractivity contribution < 1.29 is 29.0 Å². The highest BCUT2D eigenvalue weighted by molar-refractivity contribution is 6.30. The summed E-state index contributed by atoms with van der Waals surface area (Å²) in [5.41, 5.74) is 1.54. The molecule has 44 heavy (non-hydrogen) atoms. The minimum atomic E-state index is -1.24. The Kier molecular flexibility index (Phi) is 8.73. The van der Waals surface area contributed by atoms with Gasteiger partial charge in [-0.1, -0.05) is 60.1 Å². The Bertz CT molecular complexity index is 1620. The van der Waals surface area contributed by atoms with Crippen LogP contribution in [0.3, 0.4) is 0 Å². The van der Waals surface area contributed by atoms with Gasteiger partial charge < -0.3 is 20.1 Å². The zero-order valence-corrected chi connectivity index (χ0v) is 25.4. The maximum atomic E-state index is 14.4. The summed E-state index contributed by atoms with van der Waals surface area (Å²) in [5, 5.41) is 12.5. The molecular formula is C33H33ClN4O6. The predicted molar refractivity (Wildman–Crippen MR) is 165 cm³/mol. The van der Waals surface area contributed by atoms with Crippen LogP contribution in [0, 0.1) is 0 Å². The van der Waals surface area contributed by atoms with Gasteiger partial charge in [-0.2, -0.15) is 0 Å². The molecule has 2 heterocycles. The van der Waals surface area contributed by atoms with E-state index in [-0.39, 0.29) is 23.8 Å². The number of hydrogen-bond donors (Lipinski definition) is 2. The van der Waals surface area contributed by atoms with Gasteiger partial charge in [0.25, 0.3) is 0 Å². The van der Waals surface area contributed by atoms with Gasteiger partial charge in [-0.05, 0) is 56.2 Å². The third-order valence-corrected chi connectivity index (χ3v) is 7.46. The second kappa shape index (κ2) is 12.5. The quantitative estimate of drug-likeness (QED) is 0.275. The van der Waals surface area contributed by atoms with E-state index in [4.69, 9.17) is 21.3 Å². The Morgan fingerprint density at radius 2 is 1.73 bits per heavy atom. The van der Waals surface area contributed by atoms with Crippen molar-refractivity contribution in [2.45, 2.75) is 44.9 Å². The van der Waals surface area contributed by atoms with Gasteiger partial charge in [0.1, 0.15) is 36.2 Å². The molecule has 228 valence electrons. The van der Waals surface area contributed by atoms with E-state index in [1.54, 1.807) is 23.1 Å². The largest absolute Gasteiger partial charge is 0.487 e.